The Hall–Kier alpha value is -2.20. The summed E-state index contributed by atoms with van der Waals surface area (Å²) in [7, 11) is 0. The monoisotopic (exact) mass is 336 g/mol. The summed E-state index contributed by atoms with van der Waals surface area (Å²) in [6.45, 7) is -0.278. The highest BCUT2D eigenvalue weighted by Crippen LogP contribution is 2.42. The van der Waals surface area contributed by atoms with Gasteiger partial charge in [0.2, 0.25) is 0 Å². The molecule has 0 amide bonds. The molecule has 2 N–H and O–H groups in total. The number of benzene rings is 2. The van der Waals surface area contributed by atoms with Gasteiger partial charge in [0.25, 0.3) is 0 Å². The Bertz CT molecular complexity index is 680. The molecule has 2 aromatic carbocycles. The van der Waals surface area contributed by atoms with E-state index in [0.717, 1.165) is 29.5 Å². The highest BCUT2D eigenvalue weighted by molar-refractivity contribution is 5.50. The van der Waals surface area contributed by atoms with Gasteiger partial charge in [-0.15, -0.1) is 0 Å². The number of aliphatic hydroxyl groups excluding tert-OH is 2. The standard InChI is InChI=1S/C22H24O3/c23-16-21(24)17-25-22(18-10-4-1-5-11-18,19-12-6-2-7-13-19)20-14-8-3-9-15-20/h1-2,4-8,10-15,21,23-24H,3,9,16-17H2. The van der Waals surface area contributed by atoms with Crippen LogP contribution in [0.1, 0.15) is 24.0 Å². The van der Waals surface area contributed by atoms with E-state index in [-0.39, 0.29) is 13.2 Å². The van der Waals surface area contributed by atoms with Crippen LogP contribution in [-0.4, -0.2) is 29.5 Å². The Morgan fingerprint density at radius 3 is 2.00 bits per heavy atom. The van der Waals surface area contributed by atoms with E-state index in [1.165, 1.54) is 0 Å². The van der Waals surface area contributed by atoms with E-state index < -0.39 is 11.7 Å². The summed E-state index contributed by atoms with van der Waals surface area (Å²) in [4.78, 5) is 0. The van der Waals surface area contributed by atoms with E-state index >= 15 is 0 Å². The average molecular weight is 336 g/mol. The molecule has 1 aliphatic carbocycles. The van der Waals surface area contributed by atoms with Gasteiger partial charge in [-0.1, -0.05) is 78.9 Å². The van der Waals surface area contributed by atoms with Gasteiger partial charge in [-0.2, -0.15) is 0 Å². The zero-order chi connectivity index (χ0) is 17.5. The first-order valence-corrected chi connectivity index (χ1v) is 8.68. The van der Waals surface area contributed by atoms with Crippen molar-refractivity contribution >= 4 is 0 Å². The second-order valence-corrected chi connectivity index (χ2v) is 6.20. The van der Waals surface area contributed by atoms with E-state index in [4.69, 9.17) is 4.74 Å². The SMILES string of the molecule is OCC(O)COC(C1=CCCC=C1)(c1ccccc1)c1ccccc1. The molecule has 2 aromatic rings. The van der Waals surface area contributed by atoms with Crippen molar-refractivity contribution in [3.05, 3.63) is 95.6 Å². The summed E-state index contributed by atoms with van der Waals surface area (Å²) >= 11 is 0. The zero-order valence-electron chi connectivity index (χ0n) is 14.2. The smallest absolute Gasteiger partial charge is 0.143 e. The summed E-state index contributed by atoms with van der Waals surface area (Å²) in [6, 6.07) is 20.1. The third-order valence-electron chi connectivity index (χ3n) is 4.47. The molecule has 0 heterocycles. The Kier molecular flexibility index (Phi) is 5.82. The summed E-state index contributed by atoms with van der Waals surface area (Å²) in [5.41, 5.74) is 2.25. The number of aliphatic hydroxyl groups is 2. The molecular formula is C22H24O3. The fourth-order valence-corrected chi connectivity index (χ4v) is 3.24. The van der Waals surface area contributed by atoms with Crippen LogP contribution in [0.3, 0.4) is 0 Å². The molecule has 0 saturated heterocycles. The van der Waals surface area contributed by atoms with Crippen molar-refractivity contribution in [1.82, 2.24) is 0 Å². The molecule has 3 heteroatoms. The molecule has 1 aliphatic rings. The number of ether oxygens (including phenoxy) is 1. The molecule has 0 aromatic heterocycles. The number of allylic oxidation sites excluding steroid dienone is 2. The first-order chi connectivity index (χ1) is 12.3. The minimum Gasteiger partial charge on any atom is -0.394 e. The number of rotatable bonds is 7. The second-order valence-electron chi connectivity index (χ2n) is 6.20. The van der Waals surface area contributed by atoms with E-state index in [0.29, 0.717) is 0 Å². The van der Waals surface area contributed by atoms with Crippen LogP contribution < -0.4 is 0 Å². The van der Waals surface area contributed by atoms with Gasteiger partial charge in [-0.3, -0.25) is 0 Å². The lowest BCUT2D eigenvalue weighted by Gasteiger charge is -2.38. The fraction of sp³-hybridized carbons (Fsp3) is 0.273. The fourth-order valence-electron chi connectivity index (χ4n) is 3.24. The molecule has 0 saturated carbocycles. The van der Waals surface area contributed by atoms with Crippen molar-refractivity contribution in [2.75, 3.05) is 13.2 Å². The van der Waals surface area contributed by atoms with Crippen LogP contribution in [0.4, 0.5) is 0 Å². The lowest BCUT2D eigenvalue weighted by molar-refractivity contribution is -0.0529. The molecule has 0 aliphatic heterocycles. The van der Waals surface area contributed by atoms with Crippen LogP contribution in [0.25, 0.3) is 0 Å². The normalized spacial score (nSPS) is 15.7. The minimum absolute atomic E-state index is 0.0471. The predicted molar refractivity (Wildman–Crippen MR) is 99.2 cm³/mol. The molecule has 3 nitrogen and oxygen atoms in total. The maximum atomic E-state index is 9.90. The maximum absolute atomic E-state index is 9.90. The van der Waals surface area contributed by atoms with E-state index in [2.05, 4.69) is 18.2 Å². The van der Waals surface area contributed by atoms with Crippen molar-refractivity contribution in [2.24, 2.45) is 0 Å². The number of hydrogen-bond donors (Lipinski definition) is 2. The Labute approximate surface area is 148 Å². The number of hydrogen-bond acceptors (Lipinski definition) is 3. The quantitative estimate of drug-likeness (QED) is 0.812. The largest absolute Gasteiger partial charge is 0.394 e. The van der Waals surface area contributed by atoms with Crippen LogP contribution >= 0.6 is 0 Å². The van der Waals surface area contributed by atoms with E-state index in [1.54, 1.807) is 0 Å². The van der Waals surface area contributed by atoms with Crippen LogP contribution in [-0.2, 0) is 10.3 Å². The summed E-state index contributed by atoms with van der Waals surface area (Å²) in [5, 5.41) is 19.1. The Morgan fingerprint density at radius 2 is 1.52 bits per heavy atom. The molecule has 130 valence electrons. The van der Waals surface area contributed by atoms with Crippen molar-refractivity contribution in [3.63, 3.8) is 0 Å². The van der Waals surface area contributed by atoms with Crippen LogP contribution in [0.5, 0.6) is 0 Å². The van der Waals surface area contributed by atoms with Gasteiger partial charge in [0, 0.05) is 0 Å². The second kappa shape index (κ2) is 8.26. The van der Waals surface area contributed by atoms with Crippen LogP contribution in [0.2, 0.25) is 0 Å². The molecule has 0 bridgehead atoms. The molecular weight excluding hydrogens is 312 g/mol. The van der Waals surface area contributed by atoms with Crippen molar-refractivity contribution in [2.45, 2.75) is 24.5 Å². The van der Waals surface area contributed by atoms with Gasteiger partial charge in [-0.05, 0) is 29.5 Å². The van der Waals surface area contributed by atoms with Crippen molar-refractivity contribution in [1.29, 1.82) is 0 Å². The summed E-state index contributed by atoms with van der Waals surface area (Å²) in [6.07, 6.45) is 7.52. The highest BCUT2D eigenvalue weighted by Gasteiger charge is 2.39. The Morgan fingerprint density at radius 1 is 0.920 bits per heavy atom. The maximum Gasteiger partial charge on any atom is 0.143 e. The summed E-state index contributed by atoms with van der Waals surface area (Å²) in [5.74, 6) is 0. The van der Waals surface area contributed by atoms with Gasteiger partial charge < -0.3 is 14.9 Å². The zero-order valence-corrected chi connectivity index (χ0v) is 14.2. The van der Waals surface area contributed by atoms with Crippen LogP contribution in [0, 0.1) is 0 Å². The highest BCUT2D eigenvalue weighted by atomic mass is 16.5. The van der Waals surface area contributed by atoms with Gasteiger partial charge in [0.05, 0.1) is 13.2 Å². The molecule has 0 radical (unpaired) electrons. The first kappa shape index (κ1) is 17.6. The van der Waals surface area contributed by atoms with Crippen LogP contribution in [0.15, 0.2) is 84.5 Å². The average Bonchev–Trinajstić information content (AvgIpc) is 2.71. The molecule has 0 spiro atoms. The minimum atomic E-state index is -0.917. The molecule has 0 fully saturated rings. The lowest BCUT2D eigenvalue weighted by Crippen LogP contribution is -2.37. The molecule has 1 unspecified atom stereocenters. The van der Waals surface area contributed by atoms with E-state index in [1.807, 2.05) is 60.7 Å². The lowest BCUT2D eigenvalue weighted by atomic mass is 9.78. The van der Waals surface area contributed by atoms with Gasteiger partial charge >= 0.3 is 0 Å². The summed E-state index contributed by atoms with van der Waals surface area (Å²) < 4.78 is 6.36. The van der Waals surface area contributed by atoms with Gasteiger partial charge in [0.1, 0.15) is 11.7 Å². The molecule has 3 rings (SSSR count). The predicted octanol–water partition coefficient (Wildman–Crippen LogP) is 3.58. The topological polar surface area (TPSA) is 49.7 Å². The third kappa shape index (κ3) is 3.74. The third-order valence-corrected chi connectivity index (χ3v) is 4.47. The van der Waals surface area contributed by atoms with Gasteiger partial charge in [0.15, 0.2) is 0 Å². The molecule has 1 atom stereocenters. The first-order valence-electron chi connectivity index (χ1n) is 8.68. The van der Waals surface area contributed by atoms with E-state index in [9.17, 15) is 10.2 Å². The van der Waals surface area contributed by atoms with Crippen molar-refractivity contribution < 1.29 is 14.9 Å². The molecule has 25 heavy (non-hydrogen) atoms. The Balaban J connectivity index is 2.16. The van der Waals surface area contributed by atoms with Gasteiger partial charge in [-0.25, -0.2) is 0 Å². The van der Waals surface area contributed by atoms with Crippen molar-refractivity contribution in [3.8, 4) is 0 Å².